The van der Waals surface area contributed by atoms with Crippen LogP contribution in [0.2, 0.25) is 0 Å². The van der Waals surface area contributed by atoms with Gasteiger partial charge in [-0.25, -0.2) is 26.8 Å². The fourth-order valence-corrected chi connectivity index (χ4v) is 11.0. The van der Waals surface area contributed by atoms with E-state index in [1.807, 2.05) is 133 Å². The van der Waals surface area contributed by atoms with Crippen molar-refractivity contribution in [2.24, 2.45) is 0 Å². The van der Waals surface area contributed by atoms with E-state index in [9.17, 15) is 26.4 Å². The number of ether oxygens (including phenoxy) is 1. The Labute approximate surface area is 366 Å². The van der Waals surface area contributed by atoms with E-state index >= 15 is 0 Å². The Morgan fingerprint density at radius 2 is 1.06 bits per heavy atom. The average molecular weight is 871 g/mol. The van der Waals surface area contributed by atoms with Gasteiger partial charge in [0, 0.05) is 63.9 Å². The number of carbonyl (C=O) groups excluding carboxylic acids is 2. The average Bonchev–Trinajstić information content (AvgIpc) is 3.75. The smallest absolute Gasteiger partial charge is 0.200 e. The SMILES string of the molecule is C.COC1CS(=O)(=O)c2cc(CC(=O)c3cc(-c4ccccc4)nc4ccccc34)ccc21.O=C(Cc1ccc2c(c1)S(=O)(=O)C=C2)c1cc(-c2ccccc2)nc2ccccc12. The summed E-state index contributed by atoms with van der Waals surface area (Å²) in [4.78, 5) is 36.7. The highest BCUT2D eigenvalue weighted by atomic mass is 32.2. The maximum absolute atomic E-state index is 13.4. The highest BCUT2D eigenvalue weighted by molar-refractivity contribution is 7.94. The van der Waals surface area contributed by atoms with E-state index in [4.69, 9.17) is 14.7 Å². The number of pyridine rings is 2. The van der Waals surface area contributed by atoms with Gasteiger partial charge in [-0.3, -0.25) is 9.59 Å². The maximum atomic E-state index is 13.4. The van der Waals surface area contributed by atoms with E-state index in [0.29, 0.717) is 33.4 Å². The Bertz CT molecular complexity index is 3330. The highest BCUT2D eigenvalue weighted by Crippen LogP contribution is 2.37. The van der Waals surface area contributed by atoms with E-state index in [-0.39, 0.29) is 47.4 Å². The van der Waals surface area contributed by atoms with Crippen LogP contribution in [-0.4, -0.2) is 51.2 Å². The summed E-state index contributed by atoms with van der Waals surface area (Å²) in [5.74, 6) is -0.223. The molecule has 9 nitrogen and oxygen atoms in total. The first-order valence-corrected chi connectivity index (χ1v) is 23.1. The number of para-hydroxylation sites is 2. The van der Waals surface area contributed by atoms with Crippen LogP contribution in [0.25, 0.3) is 50.4 Å². The quantitative estimate of drug-likeness (QED) is 0.130. The predicted molar refractivity (Wildman–Crippen MR) is 248 cm³/mol. The first-order chi connectivity index (χ1) is 30.0. The van der Waals surface area contributed by atoms with E-state index < -0.39 is 25.8 Å². The lowest BCUT2D eigenvalue weighted by molar-refractivity contribution is 0.0986. The largest absolute Gasteiger partial charge is 0.376 e. The van der Waals surface area contributed by atoms with Crippen LogP contribution in [0.15, 0.2) is 173 Å². The molecule has 10 rings (SSSR count). The summed E-state index contributed by atoms with van der Waals surface area (Å²) in [6.45, 7) is 0. The van der Waals surface area contributed by atoms with Crippen molar-refractivity contribution in [2.75, 3.05) is 12.9 Å². The second-order valence-corrected chi connectivity index (χ2v) is 19.0. The molecule has 8 aromatic rings. The number of methoxy groups -OCH3 is 1. The number of rotatable bonds is 9. The van der Waals surface area contributed by atoms with Crippen molar-refractivity contribution in [2.45, 2.75) is 36.2 Å². The van der Waals surface area contributed by atoms with Crippen molar-refractivity contribution in [3.05, 3.63) is 197 Å². The molecule has 11 heteroatoms. The van der Waals surface area contributed by atoms with Crippen LogP contribution in [0, 0.1) is 0 Å². The molecule has 1 unspecified atom stereocenters. The molecule has 63 heavy (non-hydrogen) atoms. The fraction of sp³-hybridized carbons (Fsp3) is 0.115. The maximum Gasteiger partial charge on any atom is 0.200 e. The van der Waals surface area contributed by atoms with Gasteiger partial charge in [0.05, 0.1) is 44.1 Å². The summed E-state index contributed by atoms with van der Waals surface area (Å²) in [6.07, 6.45) is 1.34. The lowest BCUT2D eigenvalue weighted by Gasteiger charge is -2.11. The summed E-state index contributed by atoms with van der Waals surface area (Å²) >= 11 is 0. The lowest BCUT2D eigenvalue weighted by atomic mass is 9.96. The number of nitrogens with zero attached hydrogens (tertiary/aromatic N) is 2. The van der Waals surface area contributed by atoms with Crippen LogP contribution in [-0.2, 0) is 37.3 Å². The zero-order valence-electron chi connectivity index (χ0n) is 33.4. The molecular formula is C52H42N2O7S2. The van der Waals surface area contributed by atoms with Crippen LogP contribution in [0.4, 0.5) is 0 Å². The number of Topliss-reactive ketones (excluding diaryl/α,β-unsaturated/α-hetero) is 2. The van der Waals surface area contributed by atoms with Gasteiger partial charge in [0.25, 0.3) is 0 Å². The molecule has 1 atom stereocenters. The van der Waals surface area contributed by atoms with Crippen LogP contribution in [0.1, 0.15) is 56.5 Å². The minimum Gasteiger partial charge on any atom is -0.376 e. The Morgan fingerprint density at radius 3 is 1.59 bits per heavy atom. The molecule has 0 saturated heterocycles. The van der Waals surface area contributed by atoms with Gasteiger partial charge in [-0.2, -0.15) is 0 Å². The lowest BCUT2D eigenvalue weighted by Crippen LogP contribution is -2.07. The summed E-state index contributed by atoms with van der Waals surface area (Å²) < 4.78 is 54.7. The molecule has 0 N–H and O–H groups in total. The Balaban J connectivity index is 0.000000170. The predicted octanol–water partition coefficient (Wildman–Crippen LogP) is 10.5. The van der Waals surface area contributed by atoms with Crippen molar-refractivity contribution >= 4 is 59.1 Å². The molecule has 2 aliphatic rings. The van der Waals surface area contributed by atoms with Crippen LogP contribution in [0.5, 0.6) is 0 Å². The van der Waals surface area contributed by atoms with E-state index in [1.54, 1.807) is 30.3 Å². The molecule has 0 bridgehead atoms. The van der Waals surface area contributed by atoms with Crippen LogP contribution in [0.3, 0.4) is 0 Å². The normalized spacial score (nSPS) is 15.2. The molecule has 0 spiro atoms. The van der Waals surface area contributed by atoms with Gasteiger partial charge in [-0.15, -0.1) is 0 Å². The molecule has 2 aromatic heterocycles. The van der Waals surface area contributed by atoms with Gasteiger partial charge in [0.1, 0.15) is 0 Å². The van der Waals surface area contributed by atoms with Crippen molar-refractivity contribution in [3.8, 4) is 22.5 Å². The number of benzene rings is 6. The monoisotopic (exact) mass is 870 g/mol. The van der Waals surface area contributed by atoms with Gasteiger partial charge in [-0.05, 0) is 59.2 Å². The van der Waals surface area contributed by atoms with Crippen LogP contribution >= 0.6 is 0 Å². The topological polar surface area (TPSA) is 137 Å². The second kappa shape index (κ2) is 17.5. The van der Waals surface area contributed by atoms with Crippen molar-refractivity contribution < 1.29 is 31.2 Å². The van der Waals surface area contributed by atoms with Crippen LogP contribution < -0.4 is 0 Å². The summed E-state index contributed by atoms with van der Waals surface area (Å²) in [6, 6.07) is 48.6. The van der Waals surface area contributed by atoms with Crippen molar-refractivity contribution in [1.29, 1.82) is 0 Å². The molecular weight excluding hydrogens is 829 g/mol. The number of hydrogen-bond acceptors (Lipinski definition) is 9. The van der Waals surface area contributed by atoms with E-state index in [0.717, 1.165) is 44.3 Å². The standard InChI is InChI=1S/C26H21NO4S.C25H17NO3S.CH4/c1-31-25-16-32(29,30)26-14-17(11-12-20(25)26)13-24(28)21-15-23(18-7-3-2-4-8-18)27-22-10-6-5-9-19(21)22;27-24(14-17-10-11-19-12-13-30(28,29)25(19)15-17)21-16-23(18-6-2-1-3-7-18)26-22-9-5-4-8-20(21)22;/h2-12,14-15,25H,13,16H2,1H3;1-13,15-16H,14H2;1H4. The molecule has 0 radical (unpaired) electrons. The minimum atomic E-state index is -3.41. The van der Waals surface area contributed by atoms with Crippen molar-refractivity contribution in [3.63, 3.8) is 0 Å². The number of sulfone groups is 2. The van der Waals surface area contributed by atoms with E-state index in [2.05, 4.69) is 0 Å². The number of aromatic nitrogens is 2. The van der Waals surface area contributed by atoms with Gasteiger partial charge >= 0.3 is 0 Å². The summed E-state index contributed by atoms with van der Waals surface area (Å²) in [5, 5.41) is 2.77. The zero-order valence-corrected chi connectivity index (χ0v) is 35.1. The molecule has 0 fully saturated rings. The minimum absolute atomic E-state index is 0. The Hall–Kier alpha value is -6.92. The molecule has 0 aliphatic carbocycles. The van der Waals surface area contributed by atoms with Gasteiger partial charge in [0.15, 0.2) is 31.2 Å². The number of carbonyl (C=O) groups is 2. The zero-order chi connectivity index (χ0) is 43.0. The summed E-state index contributed by atoms with van der Waals surface area (Å²) in [5.41, 5.74) is 8.65. The Kier molecular flexibility index (Phi) is 11.8. The fourth-order valence-electron chi connectivity index (χ4n) is 7.99. The van der Waals surface area contributed by atoms with E-state index in [1.165, 1.54) is 12.5 Å². The number of hydrogen-bond donors (Lipinski definition) is 0. The first-order valence-electron chi connectivity index (χ1n) is 19.9. The third-order valence-electron chi connectivity index (χ3n) is 11.1. The first kappa shape index (κ1) is 42.8. The molecule has 0 amide bonds. The molecule has 2 aliphatic heterocycles. The highest BCUT2D eigenvalue weighted by Gasteiger charge is 2.35. The van der Waals surface area contributed by atoms with Gasteiger partial charge in [-0.1, -0.05) is 129 Å². The van der Waals surface area contributed by atoms with Crippen molar-refractivity contribution in [1.82, 2.24) is 9.97 Å². The third-order valence-corrected chi connectivity index (χ3v) is 14.4. The molecule has 4 heterocycles. The second-order valence-electron chi connectivity index (χ2n) is 15.2. The molecule has 6 aromatic carbocycles. The number of ketones is 2. The van der Waals surface area contributed by atoms with Gasteiger partial charge < -0.3 is 4.74 Å². The number of fused-ring (bicyclic) bond motifs is 4. The third kappa shape index (κ3) is 8.63. The summed E-state index contributed by atoms with van der Waals surface area (Å²) in [7, 11) is -5.32. The molecule has 314 valence electrons. The van der Waals surface area contributed by atoms with Gasteiger partial charge in [0.2, 0.25) is 0 Å². The molecule has 0 saturated carbocycles. The Morgan fingerprint density at radius 1 is 0.587 bits per heavy atom.